The van der Waals surface area contributed by atoms with E-state index in [1.165, 1.54) is 11.1 Å². The lowest BCUT2D eigenvalue weighted by molar-refractivity contribution is -0.110. The molecule has 4 heteroatoms. The number of carbonyl (C=O) groups is 1. The van der Waals surface area contributed by atoms with Crippen molar-refractivity contribution < 1.29 is 9.53 Å². The summed E-state index contributed by atoms with van der Waals surface area (Å²) in [6.07, 6.45) is 1.99. The van der Waals surface area contributed by atoms with Crippen molar-refractivity contribution in [2.24, 2.45) is 0 Å². The van der Waals surface area contributed by atoms with E-state index in [0.29, 0.717) is 17.4 Å². The van der Waals surface area contributed by atoms with Crippen molar-refractivity contribution in [3.8, 4) is 5.75 Å². The molecule has 1 aliphatic heterocycles. The summed E-state index contributed by atoms with van der Waals surface area (Å²) >= 11 is 2.28. The minimum absolute atomic E-state index is 0.0463. The molecule has 1 N–H and O–H groups in total. The van der Waals surface area contributed by atoms with Crippen molar-refractivity contribution in [1.29, 1.82) is 0 Å². The predicted octanol–water partition coefficient (Wildman–Crippen LogP) is 6.04. The number of hydrogen-bond acceptors (Lipinski definition) is 2. The molecule has 1 amide bonds. The first-order valence-corrected chi connectivity index (χ1v) is 9.94. The zero-order chi connectivity index (χ0) is 19.0. The van der Waals surface area contributed by atoms with Crippen molar-refractivity contribution in [2.45, 2.75) is 39.5 Å². The quantitative estimate of drug-likeness (QED) is 0.446. The molecule has 3 nitrogen and oxygen atoms in total. The fourth-order valence-corrected chi connectivity index (χ4v) is 3.84. The van der Waals surface area contributed by atoms with Crippen molar-refractivity contribution in [2.75, 3.05) is 12.4 Å². The van der Waals surface area contributed by atoms with Gasteiger partial charge in [-0.25, -0.2) is 0 Å². The van der Waals surface area contributed by atoms with E-state index in [1.807, 2.05) is 18.2 Å². The molecule has 2 aromatic carbocycles. The number of rotatable bonds is 4. The van der Waals surface area contributed by atoms with E-state index in [9.17, 15) is 4.79 Å². The standard InChI is InChI=1S/C22H24INO2/c1-12(2)16-8-14(9-17(13(3)4)21(16)26-5)10-19-18-11-15(23)6-7-20(18)24-22(19)25/h6-13H,1-5H3,(H,24,25). The zero-order valence-corrected chi connectivity index (χ0v) is 18.0. The molecule has 0 saturated carbocycles. The average Bonchev–Trinajstić information content (AvgIpc) is 2.89. The molecular formula is C22H24INO2. The van der Waals surface area contributed by atoms with Gasteiger partial charge in [0, 0.05) is 20.4 Å². The van der Waals surface area contributed by atoms with Crippen LogP contribution in [-0.4, -0.2) is 13.0 Å². The summed E-state index contributed by atoms with van der Waals surface area (Å²) in [7, 11) is 1.73. The Morgan fingerprint density at radius 2 is 1.65 bits per heavy atom. The van der Waals surface area contributed by atoms with Gasteiger partial charge in [0.25, 0.3) is 5.91 Å². The Morgan fingerprint density at radius 1 is 1.04 bits per heavy atom. The van der Waals surface area contributed by atoms with Crippen LogP contribution in [0.3, 0.4) is 0 Å². The number of nitrogens with one attached hydrogen (secondary N) is 1. The summed E-state index contributed by atoms with van der Waals surface area (Å²) in [5, 5.41) is 2.96. The van der Waals surface area contributed by atoms with Crippen LogP contribution in [0, 0.1) is 3.57 Å². The lowest BCUT2D eigenvalue weighted by Crippen LogP contribution is -2.04. The van der Waals surface area contributed by atoms with E-state index < -0.39 is 0 Å². The van der Waals surface area contributed by atoms with Crippen LogP contribution in [0.15, 0.2) is 30.3 Å². The van der Waals surface area contributed by atoms with Gasteiger partial charge in [-0.2, -0.15) is 0 Å². The summed E-state index contributed by atoms with van der Waals surface area (Å²) in [6.45, 7) is 8.66. The maximum atomic E-state index is 12.5. The predicted molar refractivity (Wildman–Crippen MR) is 117 cm³/mol. The highest BCUT2D eigenvalue weighted by atomic mass is 127. The molecule has 2 aromatic rings. The number of benzene rings is 2. The molecule has 1 heterocycles. The Morgan fingerprint density at radius 3 is 2.19 bits per heavy atom. The minimum Gasteiger partial charge on any atom is -0.496 e. The van der Waals surface area contributed by atoms with Crippen LogP contribution in [0.25, 0.3) is 11.6 Å². The van der Waals surface area contributed by atoms with Gasteiger partial charge in [0.2, 0.25) is 0 Å². The van der Waals surface area contributed by atoms with Gasteiger partial charge in [-0.3, -0.25) is 4.79 Å². The van der Waals surface area contributed by atoms with Crippen LogP contribution >= 0.6 is 22.6 Å². The Bertz CT molecular complexity index is 868. The summed E-state index contributed by atoms with van der Waals surface area (Å²) in [5.41, 5.74) is 5.94. The van der Waals surface area contributed by atoms with Gasteiger partial charge in [-0.05, 0) is 87.5 Å². The third-order valence-electron chi connectivity index (χ3n) is 4.69. The first kappa shape index (κ1) is 19.0. The number of hydrogen-bond donors (Lipinski definition) is 1. The van der Waals surface area contributed by atoms with E-state index in [4.69, 9.17) is 4.74 Å². The molecule has 0 spiro atoms. The van der Waals surface area contributed by atoms with Gasteiger partial charge in [0.15, 0.2) is 0 Å². The highest BCUT2D eigenvalue weighted by Gasteiger charge is 2.25. The van der Waals surface area contributed by atoms with Crippen LogP contribution in [-0.2, 0) is 4.79 Å². The molecule has 26 heavy (non-hydrogen) atoms. The highest BCUT2D eigenvalue weighted by Crippen LogP contribution is 2.38. The van der Waals surface area contributed by atoms with Crippen LogP contribution in [0.5, 0.6) is 5.75 Å². The fourth-order valence-electron chi connectivity index (χ4n) is 3.35. The molecule has 0 aliphatic carbocycles. The summed E-state index contributed by atoms with van der Waals surface area (Å²) in [4.78, 5) is 12.5. The summed E-state index contributed by atoms with van der Waals surface area (Å²) < 4.78 is 6.83. The second-order valence-corrected chi connectivity index (χ2v) is 8.49. The molecule has 136 valence electrons. The molecule has 0 saturated heterocycles. The van der Waals surface area contributed by atoms with Crippen LogP contribution < -0.4 is 10.1 Å². The van der Waals surface area contributed by atoms with Gasteiger partial charge in [0.1, 0.15) is 5.75 Å². The summed E-state index contributed by atoms with van der Waals surface area (Å²) in [5.74, 6) is 1.59. The highest BCUT2D eigenvalue weighted by molar-refractivity contribution is 14.1. The number of methoxy groups -OCH3 is 1. The molecule has 0 unspecified atom stereocenters. The second kappa shape index (κ2) is 7.43. The molecule has 0 fully saturated rings. The molecule has 0 aromatic heterocycles. The van der Waals surface area contributed by atoms with Crippen molar-refractivity contribution in [1.82, 2.24) is 0 Å². The third kappa shape index (κ3) is 3.52. The van der Waals surface area contributed by atoms with Gasteiger partial charge in [-0.1, -0.05) is 27.7 Å². The normalized spacial score (nSPS) is 14.9. The van der Waals surface area contributed by atoms with Gasteiger partial charge in [0.05, 0.1) is 7.11 Å². The summed E-state index contributed by atoms with van der Waals surface area (Å²) in [6, 6.07) is 10.3. The monoisotopic (exact) mass is 461 g/mol. The smallest absolute Gasteiger partial charge is 0.256 e. The van der Waals surface area contributed by atoms with Gasteiger partial charge in [-0.15, -0.1) is 0 Å². The lowest BCUT2D eigenvalue weighted by Gasteiger charge is -2.19. The second-order valence-electron chi connectivity index (χ2n) is 7.24. The van der Waals surface area contributed by atoms with Gasteiger partial charge < -0.3 is 10.1 Å². The van der Waals surface area contributed by atoms with Crippen LogP contribution in [0.1, 0.15) is 61.8 Å². The number of ether oxygens (including phenoxy) is 1. The molecule has 3 rings (SSSR count). The van der Waals surface area contributed by atoms with E-state index in [0.717, 1.165) is 26.1 Å². The number of amides is 1. The maximum Gasteiger partial charge on any atom is 0.256 e. The first-order chi connectivity index (χ1) is 12.3. The van der Waals surface area contributed by atoms with E-state index in [1.54, 1.807) is 7.11 Å². The Kier molecular flexibility index (Phi) is 5.42. The molecule has 0 radical (unpaired) electrons. The largest absolute Gasteiger partial charge is 0.496 e. The molecule has 0 atom stereocenters. The Balaban J connectivity index is 2.18. The minimum atomic E-state index is -0.0463. The van der Waals surface area contributed by atoms with Crippen molar-refractivity contribution in [3.63, 3.8) is 0 Å². The Labute approximate surface area is 169 Å². The zero-order valence-electron chi connectivity index (χ0n) is 15.8. The van der Waals surface area contributed by atoms with Gasteiger partial charge >= 0.3 is 0 Å². The van der Waals surface area contributed by atoms with E-state index in [-0.39, 0.29) is 5.91 Å². The van der Waals surface area contributed by atoms with Crippen molar-refractivity contribution in [3.05, 3.63) is 56.2 Å². The SMILES string of the molecule is COc1c(C(C)C)cc(C=C2C(=O)Nc3ccc(I)cc32)cc1C(C)C. The number of halogens is 1. The topological polar surface area (TPSA) is 38.3 Å². The van der Waals surface area contributed by atoms with Crippen LogP contribution in [0.4, 0.5) is 5.69 Å². The first-order valence-electron chi connectivity index (χ1n) is 8.86. The lowest BCUT2D eigenvalue weighted by atomic mass is 9.90. The van der Waals surface area contributed by atoms with E-state index >= 15 is 0 Å². The number of fused-ring (bicyclic) bond motifs is 1. The number of anilines is 1. The molecule has 0 bridgehead atoms. The third-order valence-corrected chi connectivity index (χ3v) is 5.36. The average molecular weight is 461 g/mol. The number of carbonyl (C=O) groups excluding carboxylic acids is 1. The molecule has 1 aliphatic rings. The van der Waals surface area contributed by atoms with E-state index in [2.05, 4.69) is 73.8 Å². The maximum absolute atomic E-state index is 12.5. The Hall–Kier alpha value is -1.82. The van der Waals surface area contributed by atoms with Crippen molar-refractivity contribution >= 4 is 45.8 Å². The van der Waals surface area contributed by atoms with Crippen LogP contribution in [0.2, 0.25) is 0 Å². The fraction of sp³-hybridized carbons (Fsp3) is 0.318. The molecular weight excluding hydrogens is 437 g/mol.